The fraction of sp³-hybridized carbons (Fsp3) is 0.800. The van der Waals surface area contributed by atoms with Crippen molar-refractivity contribution < 1.29 is 0 Å². The molecule has 2 unspecified atom stereocenters. The second-order valence-electron chi connectivity index (χ2n) is 6.57. The quantitative estimate of drug-likeness (QED) is 0.187. The average Bonchev–Trinajstić information content (AvgIpc) is 2.56. The van der Waals surface area contributed by atoms with Crippen molar-refractivity contribution >= 4 is 7.92 Å². The highest BCUT2D eigenvalue weighted by atomic mass is 31.1. The molecule has 0 heterocycles. The van der Waals surface area contributed by atoms with Crippen LogP contribution in [0.4, 0.5) is 0 Å². The number of nitrogens with zero attached hydrogens (tertiary/aromatic N) is 2. The van der Waals surface area contributed by atoms with Crippen molar-refractivity contribution in [2.75, 3.05) is 18.5 Å². The maximum absolute atomic E-state index is 9.11. The summed E-state index contributed by atoms with van der Waals surface area (Å²) in [6.45, 7) is 6.12. The van der Waals surface area contributed by atoms with Gasteiger partial charge in [-0.1, -0.05) is 70.9 Å². The van der Waals surface area contributed by atoms with Crippen LogP contribution in [0, 0.1) is 28.6 Å². The van der Waals surface area contributed by atoms with E-state index in [0.717, 1.165) is 12.3 Å². The fourth-order valence-corrected chi connectivity index (χ4v) is 5.64. The van der Waals surface area contributed by atoms with Crippen LogP contribution >= 0.6 is 7.92 Å². The molecule has 0 amide bonds. The smallest absolute Gasteiger partial charge is 0.0926 e. The highest BCUT2D eigenvalue weighted by molar-refractivity contribution is 7.57. The summed E-state index contributed by atoms with van der Waals surface area (Å²) in [6, 6.07) is 4.44. The fourth-order valence-electron chi connectivity index (χ4n) is 2.98. The monoisotopic (exact) mass is 335 g/mol. The molecule has 3 heteroatoms. The summed E-state index contributed by atoms with van der Waals surface area (Å²) in [5.74, 6) is -0.0584. The van der Waals surface area contributed by atoms with E-state index < -0.39 is 7.92 Å². The van der Waals surface area contributed by atoms with Crippen molar-refractivity contribution in [1.29, 1.82) is 10.5 Å². The molecule has 0 N–H and O–H groups in total. The van der Waals surface area contributed by atoms with Gasteiger partial charge >= 0.3 is 0 Å². The number of hydrogen-bond donors (Lipinski definition) is 0. The number of allylic oxidation sites excluding steroid dienone is 1. The lowest BCUT2D eigenvalue weighted by atomic mass is 10.1. The van der Waals surface area contributed by atoms with E-state index in [1.807, 2.05) is 6.08 Å². The molecule has 0 aromatic carbocycles. The average molecular weight is 335 g/mol. The van der Waals surface area contributed by atoms with E-state index in [1.54, 1.807) is 0 Å². The van der Waals surface area contributed by atoms with E-state index in [-0.39, 0.29) is 5.92 Å². The molecule has 0 rings (SSSR count). The Hall–Kier alpha value is -0.850. The van der Waals surface area contributed by atoms with Gasteiger partial charge in [0.2, 0.25) is 0 Å². The lowest BCUT2D eigenvalue weighted by Crippen LogP contribution is -2.05. The molecule has 0 aliphatic rings. The normalized spacial score (nSPS) is 13.0. The van der Waals surface area contributed by atoms with Gasteiger partial charge in [0.1, 0.15) is 0 Å². The molecule has 0 aliphatic heterocycles. The summed E-state index contributed by atoms with van der Waals surface area (Å²) in [5.41, 5.74) is 0. The highest BCUT2D eigenvalue weighted by Gasteiger charge is 2.20. The Balaban J connectivity index is 3.66. The molecule has 23 heavy (non-hydrogen) atoms. The van der Waals surface area contributed by atoms with E-state index in [4.69, 9.17) is 10.5 Å². The van der Waals surface area contributed by atoms with Crippen molar-refractivity contribution in [2.45, 2.75) is 77.6 Å². The van der Waals surface area contributed by atoms with Crippen molar-refractivity contribution in [1.82, 2.24) is 0 Å². The Bertz CT molecular complexity index is 354. The van der Waals surface area contributed by atoms with Crippen LogP contribution in [0.1, 0.15) is 77.6 Å². The summed E-state index contributed by atoms with van der Waals surface area (Å²) >= 11 is 0. The second kappa shape index (κ2) is 17.5. The van der Waals surface area contributed by atoms with Crippen LogP contribution in [-0.4, -0.2) is 18.5 Å². The molecule has 2 atom stereocenters. The standard InChI is InChI=1S/C20H35N2P/c1-3-5-6-7-8-9-10-11-12-13-17-23(16-4-2)19-20(18-22)14-15-21/h4,20H,2-3,5-14,16-17,19H2,1H3/p+1. The molecule has 0 fully saturated rings. The third-order valence-electron chi connectivity index (χ3n) is 4.37. The van der Waals surface area contributed by atoms with Crippen molar-refractivity contribution in [3.8, 4) is 12.1 Å². The zero-order chi connectivity index (χ0) is 17.2. The minimum atomic E-state index is -0.527. The van der Waals surface area contributed by atoms with E-state index in [9.17, 15) is 0 Å². The van der Waals surface area contributed by atoms with Gasteiger partial charge in [-0.15, -0.1) is 0 Å². The Morgan fingerprint density at radius 2 is 1.52 bits per heavy atom. The lowest BCUT2D eigenvalue weighted by molar-refractivity contribution is 0.562. The number of hydrogen-bond acceptors (Lipinski definition) is 2. The maximum Gasteiger partial charge on any atom is 0.0926 e. The molecule has 2 nitrogen and oxygen atoms in total. The molecular weight excluding hydrogens is 299 g/mol. The molecule has 0 aliphatic carbocycles. The largest absolute Gasteiger partial charge is 0.198 e. The molecule has 0 saturated heterocycles. The molecule has 0 spiro atoms. The molecule has 0 aromatic rings. The molecule has 0 bridgehead atoms. The van der Waals surface area contributed by atoms with Crippen LogP contribution in [0.15, 0.2) is 12.7 Å². The lowest BCUT2D eigenvalue weighted by Gasteiger charge is -2.11. The highest BCUT2D eigenvalue weighted by Crippen LogP contribution is 2.39. The van der Waals surface area contributed by atoms with Gasteiger partial charge in [0.05, 0.1) is 43.0 Å². The van der Waals surface area contributed by atoms with Crippen molar-refractivity contribution in [2.24, 2.45) is 5.92 Å². The molecule has 0 radical (unpaired) electrons. The van der Waals surface area contributed by atoms with Crippen LogP contribution in [0.2, 0.25) is 0 Å². The third kappa shape index (κ3) is 14.5. The van der Waals surface area contributed by atoms with Gasteiger partial charge < -0.3 is 0 Å². The van der Waals surface area contributed by atoms with E-state index >= 15 is 0 Å². The van der Waals surface area contributed by atoms with Crippen LogP contribution in [0.3, 0.4) is 0 Å². The van der Waals surface area contributed by atoms with Crippen LogP contribution in [0.5, 0.6) is 0 Å². The van der Waals surface area contributed by atoms with Gasteiger partial charge in [0.15, 0.2) is 0 Å². The first kappa shape index (κ1) is 22.1. The Morgan fingerprint density at radius 1 is 0.957 bits per heavy atom. The van der Waals surface area contributed by atoms with Crippen LogP contribution in [-0.2, 0) is 0 Å². The van der Waals surface area contributed by atoms with Crippen molar-refractivity contribution in [3.05, 3.63) is 12.7 Å². The van der Waals surface area contributed by atoms with E-state index in [1.165, 1.54) is 70.4 Å². The van der Waals surface area contributed by atoms with Gasteiger partial charge in [-0.25, -0.2) is 0 Å². The topological polar surface area (TPSA) is 47.6 Å². The first-order chi connectivity index (χ1) is 11.3. The van der Waals surface area contributed by atoms with Gasteiger partial charge in [0.25, 0.3) is 0 Å². The molecule has 130 valence electrons. The Labute approximate surface area is 145 Å². The number of nitriles is 2. The van der Waals surface area contributed by atoms with Gasteiger partial charge in [-0.2, -0.15) is 10.5 Å². The first-order valence-electron chi connectivity index (χ1n) is 9.49. The number of rotatable bonds is 16. The first-order valence-corrected chi connectivity index (χ1v) is 11.6. The summed E-state index contributed by atoms with van der Waals surface area (Å²) < 4.78 is 0. The summed E-state index contributed by atoms with van der Waals surface area (Å²) in [5, 5.41) is 17.9. The van der Waals surface area contributed by atoms with Gasteiger partial charge in [0, 0.05) is 7.92 Å². The predicted octanol–water partition coefficient (Wildman–Crippen LogP) is 6.36. The van der Waals surface area contributed by atoms with Gasteiger partial charge in [-0.05, 0) is 12.8 Å². The summed E-state index contributed by atoms with van der Waals surface area (Å²) in [6.07, 6.45) is 19.4. The molecule has 0 saturated carbocycles. The zero-order valence-corrected chi connectivity index (χ0v) is 16.2. The maximum atomic E-state index is 9.11. The van der Waals surface area contributed by atoms with Crippen molar-refractivity contribution in [3.63, 3.8) is 0 Å². The van der Waals surface area contributed by atoms with Crippen LogP contribution in [0.25, 0.3) is 0 Å². The van der Waals surface area contributed by atoms with Crippen LogP contribution < -0.4 is 0 Å². The molecular formula is C20H36N2P+. The van der Waals surface area contributed by atoms with E-state index in [0.29, 0.717) is 6.42 Å². The Kier molecular flexibility index (Phi) is 16.9. The third-order valence-corrected chi connectivity index (χ3v) is 7.37. The molecule has 0 aromatic heterocycles. The minimum Gasteiger partial charge on any atom is -0.198 e. The second-order valence-corrected chi connectivity index (χ2v) is 9.38. The minimum absolute atomic E-state index is 0.0584. The number of unbranched alkanes of at least 4 members (excludes halogenated alkanes) is 9. The Morgan fingerprint density at radius 3 is 2.00 bits per heavy atom. The summed E-state index contributed by atoms with van der Waals surface area (Å²) in [4.78, 5) is 0. The van der Waals surface area contributed by atoms with E-state index in [2.05, 4.69) is 25.6 Å². The SMILES string of the molecule is C=CC[PH+](CCCCCCCCCCCC)CC(C#N)CC#N. The summed E-state index contributed by atoms with van der Waals surface area (Å²) in [7, 11) is -0.527. The zero-order valence-electron chi connectivity index (χ0n) is 15.2. The predicted molar refractivity (Wildman–Crippen MR) is 104 cm³/mol. The van der Waals surface area contributed by atoms with Gasteiger partial charge in [-0.3, -0.25) is 0 Å².